The highest BCUT2D eigenvalue weighted by molar-refractivity contribution is 5.89. The highest BCUT2D eigenvalue weighted by atomic mass is 19.1. The lowest BCUT2D eigenvalue weighted by atomic mass is 9.63. The molecule has 1 fully saturated rings. The lowest BCUT2D eigenvalue weighted by molar-refractivity contribution is -0.139. The molecule has 0 radical (unpaired) electrons. The Hall–Kier alpha value is -2.23. The van der Waals surface area contributed by atoms with Crippen molar-refractivity contribution in [2.45, 2.75) is 31.1 Å². The third-order valence-electron chi connectivity index (χ3n) is 4.77. The van der Waals surface area contributed by atoms with Gasteiger partial charge in [-0.15, -0.1) is 0 Å². The van der Waals surface area contributed by atoms with E-state index in [-0.39, 0.29) is 11.7 Å². The van der Waals surface area contributed by atoms with Gasteiger partial charge < -0.3 is 4.90 Å². The van der Waals surface area contributed by atoms with Crippen molar-refractivity contribution in [3.63, 3.8) is 0 Å². The average molecular weight is 312 g/mol. The van der Waals surface area contributed by atoms with Gasteiger partial charge in [-0.25, -0.2) is 4.39 Å². The number of hydrogen-bond acceptors (Lipinski definition) is 2. The van der Waals surface area contributed by atoms with Crippen LogP contribution in [0.1, 0.15) is 30.5 Å². The first-order chi connectivity index (χ1) is 11.1. The van der Waals surface area contributed by atoms with Crippen LogP contribution in [0.2, 0.25) is 0 Å². The van der Waals surface area contributed by atoms with Crippen LogP contribution in [0.25, 0.3) is 0 Å². The van der Waals surface area contributed by atoms with Crippen LogP contribution in [0.5, 0.6) is 0 Å². The predicted octanol–water partition coefficient (Wildman–Crippen LogP) is 3.34. The molecule has 1 aliphatic carbocycles. The van der Waals surface area contributed by atoms with Gasteiger partial charge in [0, 0.05) is 31.9 Å². The number of nitrogens with zero attached hydrogens (tertiary/aromatic N) is 2. The zero-order valence-corrected chi connectivity index (χ0v) is 13.3. The van der Waals surface area contributed by atoms with Gasteiger partial charge in [-0.3, -0.25) is 9.78 Å². The fourth-order valence-corrected chi connectivity index (χ4v) is 3.24. The Morgan fingerprint density at radius 1 is 1.26 bits per heavy atom. The van der Waals surface area contributed by atoms with Gasteiger partial charge in [0.05, 0.1) is 5.41 Å². The first-order valence-electron chi connectivity index (χ1n) is 8.03. The van der Waals surface area contributed by atoms with Crippen molar-refractivity contribution in [2.75, 3.05) is 13.6 Å². The molecule has 1 aromatic heterocycles. The van der Waals surface area contributed by atoms with Gasteiger partial charge in [0.25, 0.3) is 0 Å². The van der Waals surface area contributed by atoms with Gasteiger partial charge >= 0.3 is 0 Å². The fourth-order valence-electron chi connectivity index (χ4n) is 3.24. The molecule has 120 valence electrons. The molecule has 0 aliphatic heterocycles. The molecule has 1 saturated carbocycles. The fraction of sp³-hybridized carbons (Fsp3) is 0.368. The molecule has 23 heavy (non-hydrogen) atoms. The summed E-state index contributed by atoms with van der Waals surface area (Å²) in [5, 5.41) is 0. The van der Waals surface area contributed by atoms with Crippen molar-refractivity contribution in [3.05, 3.63) is 65.7 Å². The first kappa shape index (κ1) is 15.7. The predicted molar refractivity (Wildman–Crippen MR) is 87.5 cm³/mol. The summed E-state index contributed by atoms with van der Waals surface area (Å²) < 4.78 is 13.6. The summed E-state index contributed by atoms with van der Waals surface area (Å²) in [6.07, 6.45) is 5.09. The topological polar surface area (TPSA) is 33.2 Å². The number of carbonyl (C=O) groups excluding carboxylic acids is 1. The molecule has 0 bridgehead atoms. The molecular weight excluding hydrogens is 291 g/mol. The smallest absolute Gasteiger partial charge is 0.232 e. The van der Waals surface area contributed by atoms with E-state index in [0.29, 0.717) is 6.54 Å². The molecule has 3 rings (SSSR count). The molecule has 3 nitrogen and oxygen atoms in total. The second kappa shape index (κ2) is 6.49. The van der Waals surface area contributed by atoms with Crippen molar-refractivity contribution < 1.29 is 9.18 Å². The Balaban J connectivity index is 1.72. The quantitative estimate of drug-likeness (QED) is 0.848. The van der Waals surface area contributed by atoms with Gasteiger partial charge in [0.2, 0.25) is 5.91 Å². The molecule has 1 amide bonds. The minimum atomic E-state index is -0.541. The number of carbonyl (C=O) groups is 1. The second-order valence-corrected chi connectivity index (χ2v) is 6.24. The summed E-state index contributed by atoms with van der Waals surface area (Å²) in [5.74, 6) is -0.192. The third-order valence-corrected chi connectivity index (χ3v) is 4.77. The molecule has 0 spiro atoms. The largest absolute Gasteiger partial charge is 0.345 e. The van der Waals surface area contributed by atoms with Gasteiger partial charge in [-0.2, -0.15) is 0 Å². The second-order valence-electron chi connectivity index (χ2n) is 6.24. The zero-order chi connectivity index (χ0) is 16.3. The molecular formula is C19H21FN2O. The molecule has 0 atom stereocenters. The van der Waals surface area contributed by atoms with E-state index in [1.165, 1.54) is 12.1 Å². The Kier molecular flexibility index (Phi) is 4.42. The Bertz CT molecular complexity index is 683. The van der Waals surface area contributed by atoms with Crippen LogP contribution in [0.4, 0.5) is 4.39 Å². The molecule has 0 N–H and O–H groups in total. The Morgan fingerprint density at radius 2 is 2.09 bits per heavy atom. The van der Waals surface area contributed by atoms with E-state index in [9.17, 15) is 9.18 Å². The lowest BCUT2D eigenvalue weighted by Gasteiger charge is -2.43. The number of likely N-dealkylation sites (N-methyl/N-ethyl adjacent to an activating group) is 1. The summed E-state index contributed by atoms with van der Waals surface area (Å²) in [6, 6.07) is 12.3. The third kappa shape index (κ3) is 3.11. The molecule has 4 heteroatoms. The van der Waals surface area contributed by atoms with E-state index in [1.54, 1.807) is 17.2 Å². The van der Waals surface area contributed by atoms with E-state index >= 15 is 0 Å². The first-order valence-corrected chi connectivity index (χ1v) is 8.03. The minimum Gasteiger partial charge on any atom is -0.345 e. The highest BCUT2D eigenvalue weighted by Gasteiger charge is 2.47. The monoisotopic (exact) mass is 312 g/mol. The van der Waals surface area contributed by atoms with Crippen LogP contribution in [0, 0.1) is 5.82 Å². The number of pyridine rings is 1. The maximum Gasteiger partial charge on any atom is 0.232 e. The lowest BCUT2D eigenvalue weighted by Crippen LogP contribution is -2.50. The number of benzene rings is 1. The molecule has 1 heterocycles. The van der Waals surface area contributed by atoms with E-state index in [4.69, 9.17) is 0 Å². The summed E-state index contributed by atoms with van der Waals surface area (Å²) in [4.78, 5) is 19.0. The standard InChI is InChI=1S/C19H21FN2O/c1-22(13-9-17-8-2-3-12-21-17)18(23)19(10-5-11-19)15-6-4-7-16(20)14-15/h2-4,6-8,12,14H,5,9-11,13H2,1H3. The number of rotatable bonds is 5. The van der Waals surface area contributed by atoms with Crippen LogP contribution in [0.15, 0.2) is 48.7 Å². The number of hydrogen-bond donors (Lipinski definition) is 0. The van der Waals surface area contributed by atoms with E-state index in [2.05, 4.69) is 4.98 Å². The van der Waals surface area contributed by atoms with E-state index in [0.717, 1.165) is 36.9 Å². The SMILES string of the molecule is CN(CCc1ccccn1)C(=O)C1(c2cccc(F)c2)CCC1. The summed E-state index contributed by atoms with van der Waals surface area (Å²) in [5.41, 5.74) is 1.24. The van der Waals surface area contributed by atoms with Gasteiger partial charge in [0.15, 0.2) is 0 Å². The molecule has 0 saturated heterocycles. The van der Waals surface area contributed by atoms with Gasteiger partial charge in [-0.1, -0.05) is 24.6 Å². The zero-order valence-electron chi connectivity index (χ0n) is 13.3. The number of aromatic nitrogens is 1. The maximum atomic E-state index is 13.6. The number of amides is 1. The Labute approximate surface area is 136 Å². The highest BCUT2D eigenvalue weighted by Crippen LogP contribution is 2.45. The van der Waals surface area contributed by atoms with Crippen molar-refractivity contribution in [1.82, 2.24) is 9.88 Å². The van der Waals surface area contributed by atoms with Crippen LogP contribution in [0.3, 0.4) is 0 Å². The molecule has 1 aromatic carbocycles. The van der Waals surface area contributed by atoms with E-state index < -0.39 is 5.41 Å². The maximum absolute atomic E-state index is 13.6. The molecule has 2 aromatic rings. The minimum absolute atomic E-state index is 0.0882. The van der Waals surface area contributed by atoms with Crippen molar-refractivity contribution in [1.29, 1.82) is 0 Å². The van der Waals surface area contributed by atoms with Crippen LogP contribution in [-0.4, -0.2) is 29.4 Å². The van der Waals surface area contributed by atoms with Crippen LogP contribution < -0.4 is 0 Å². The van der Waals surface area contributed by atoms with Gasteiger partial charge in [0.1, 0.15) is 5.82 Å². The summed E-state index contributed by atoms with van der Waals surface area (Å²) in [6.45, 7) is 0.618. The van der Waals surface area contributed by atoms with Crippen molar-refractivity contribution in [2.24, 2.45) is 0 Å². The van der Waals surface area contributed by atoms with Gasteiger partial charge in [-0.05, 0) is 42.7 Å². The summed E-state index contributed by atoms with van der Waals surface area (Å²) >= 11 is 0. The van der Waals surface area contributed by atoms with Crippen molar-refractivity contribution in [3.8, 4) is 0 Å². The molecule has 0 unspecified atom stereocenters. The normalized spacial score (nSPS) is 15.7. The average Bonchev–Trinajstić information content (AvgIpc) is 2.52. The Morgan fingerprint density at radius 3 is 2.70 bits per heavy atom. The van der Waals surface area contributed by atoms with Crippen LogP contribution in [-0.2, 0) is 16.6 Å². The van der Waals surface area contributed by atoms with Crippen molar-refractivity contribution >= 4 is 5.91 Å². The van der Waals surface area contributed by atoms with E-state index in [1.807, 2.05) is 31.3 Å². The number of halogens is 1. The van der Waals surface area contributed by atoms with Crippen LogP contribution >= 0.6 is 0 Å². The molecule has 1 aliphatic rings. The summed E-state index contributed by atoms with van der Waals surface area (Å²) in [7, 11) is 1.82.